The van der Waals surface area contributed by atoms with Crippen LogP contribution in [0.15, 0.2) is 35.5 Å². The first-order chi connectivity index (χ1) is 9.88. The van der Waals surface area contributed by atoms with Gasteiger partial charge in [-0.2, -0.15) is 17.2 Å². The molecule has 2 rings (SSSR count). The maximum atomic E-state index is 3.34. The molecule has 0 aromatic carbocycles. The van der Waals surface area contributed by atoms with Crippen LogP contribution in [0, 0.1) is 27.0 Å². The van der Waals surface area contributed by atoms with E-state index in [1.54, 1.807) is 34.5 Å². The Morgan fingerprint density at radius 1 is 1.05 bits per heavy atom. The van der Waals surface area contributed by atoms with Gasteiger partial charge in [-0.25, -0.2) is 18.2 Å². The number of allylic oxidation sites excluding steroid dienone is 8. The van der Waals surface area contributed by atoms with Gasteiger partial charge in [0.05, 0.1) is 0 Å². The van der Waals surface area contributed by atoms with Crippen LogP contribution >= 0.6 is 0 Å². The summed E-state index contributed by atoms with van der Waals surface area (Å²) >= 11 is 1.58. The van der Waals surface area contributed by atoms with Crippen molar-refractivity contribution in [2.24, 2.45) is 0 Å². The predicted molar refractivity (Wildman–Crippen MR) is 101 cm³/mol. The van der Waals surface area contributed by atoms with Crippen molar-refractivity contribution >= 4 is 6.88 Å². The summed E-state index contributed by atoms with van der Waals surface area (Å²) in [6.45, 7) is 6.47. The molecule has 0 aliphatic heterocycles. The molecule has 0 saturated heterocycles. The molecule has 0 aromatic heterocycles. The molecule has 0 amide bonds. The van der Waals surface area contributed by atoms with Gasteiger partial charge in [0.2, 0.25) is 0 Å². The van der Waals surface area contributed by atoms with Gasteiger partial charge in [-0.15, -0.1) is 12.8 Å². The summed E-state index contributed by atoms with van der Waals surface area (Å²) in [6, 6.07) is 0. The average molecular weight is 394 g/mol. The maximum absolute atomic E-state index is 3.34. The van der Waals surface area contributed by atoms with Crippen LogP contribution < -0.4 is 0 Å². The zero-order chi connectivity index (χ0) is 15.1. The molecule has 126 valence electrons. The Labute approximate surface area is 157 Å². The molecule has 22 heavy (non-hydrogen) atoms. The molecule has 0 bridgehead atoms. The van der Waals surface area contributed by atoms with Gasteiger partial charge in [-0.05, 0) is 6.42 Å². The molecule has 0 fully saturated rings. The molecule has 0 spiro atoms. The summed E-state index contributed by atoms with van der Waals surface area (Å²) in [7, 11) is 0. The van der Waals surface area contributed by atoms with E-state index in [0.717, 1.165) is 12.8 Å². The van der Waals surface area contributed by atoms with Gasteiger partial charge in [-0.3, -0.25) is 12.2 Å². The van der Waals surface area contributed by atoms with Crippen LogP contribution in [-0.2, 0) is 23.3 Å². The van der Waals surface area contributed by atoms with Crippen molar-refractivity contribution in [3.05, 3.63) is 62.5 Å². The molecule has 0 heterocycles. The van der Waals surface area contributed by atoms with Crippen LogP contribution in [0.2, 0.25) is 0 Å². The molecule has 2 aliphatic carbocycles. The molecule has 2 aliphatic rings. The van der Waals surface area contributed by atoms with Crippen molar-refractivity contribution in [1.29, 1.82) is 0 Å². The third kappa shape index (κ3) is 13.7. The first-order valence-corrected chi connectivity index (χ1v) is 13.6. The van der Waals surface area contributed by atoms with E-state index in [-0.39, 0.29) is 14.9 Å². The Kier molecular flexibility index (Phi) is 25.8. The summed E-state index contributed by atoms with van der Waals surface area (Å²) in [5, 5.41) is 0. The van der Waals surface area contributed by atoms with E-state index >= 15 is 0 Å². The Bertz CT molecular complexity index is 341. The van der Waals surface area contributed by atoms with Crippen molar-refractivity contribution in [1.82, 2.24) is 0 Å². The number of hydrogen-bond donors (Lipinski definition) is 0. The van der Waals surface area contributed by atoms with Crippen LogP contribution in [0.4, 0.5) is 0 Å². The number of rotatable bonds is 6. The summed E-state index contributed by atoms with van der Waals surface area (Å²) in [4.78, 5) is 0. The molecular formula is C20H34SiZr-4. The second-order valence-electron chi connectivity index (χ2n) is 4.86. The fourth-order valence-electron chi connectivity index (χ4n) is 2.11. The molecule has 0 saturated carbocycles. The molecule has 0 atom stereocenters. The first-order valence-electron chi connectivity index (χ1n) is 7.73. The zero-order valence-corrected chi connectivity index (χ0v) is 19.0. The zero-order valence-electron chi connectivity index (χ0n) is 15.2. The third-order valence-corrected chi connectivity index (χ3v) is 3.26. The topological polar surface area (TPSA) is 0 Å². The number of unbranched alkanes of at least 4 members (excludes halogenated alkanes) is 2. The Balaban J connectivity index is -0.000000340. The summed E-state index contributed by atoms with van der Waals surface area (Å²) in [5.41, 5.74) is 3.26. The van der Waals surface area contributed by atoms with Crippen molar-refractivity contribution in [3.63, 3.8) is 0 Å². The van der Waals surface area contributed by atoms with E-state index in [1.807, 2.05) is 19.0 Å². The van der Waals surface area contributed by atoms with Crippen LogP contribution in [0.1, 0.15) is 65.2 Å². The van der Waals surface area contributed by atoms with Gasteiger partial charge in [0.1, 0.15) is 0 Å². The fourth-order valence-corrected chi connectivity index (χ4v) is 2.11. The molecule has 0 aromatic rings. The van der Waals surface area contributed by atoms with Gasteiger partial charge in [0, 0.05) is 0 Å². The SMILES string of the molecule is CCCCC1=C(CCCC)C[C-]=C1.[C-]1=CC=CC1.[CH3-].[CH3-].[SiH2]=[Zr]. The van der Waals surface area contributed by atoms with Gasteiger partial charge in [-0.1, -0.05) is 46.0 Å². The molecule has 0 radical (unpaired) electrons. The Hall–Kier alpha value is 0.0600. The summed E-state index contributed by atoms with van der Waals surface area (Å²) in [5.74, 6) is 0. The minimum absolute atomic E-state index is 0. The Morgan fingerprint density at radius 2 is 1.68 bits per heavy atom. The first kappa shape index (κ1) is 26.9. The standard InChI is InChI=1S/C13H21.C5H5.2CH3.H2Si.Zr/c1-3-5-8-12-10-7-11-13(12)9-6-4-2;1-2-4-5-3-1;;;;/h10H,3-6,8-9,11H2,1-2H3;1-3H,4H2;2*1H3;1H2;/q4*-1;;. The van der Waals surface area contributed by atoms with Crippen LogP contribution in [0.25, 0.3) is 0 Å². The van der Waals surface area contributed by atoms with Gasteiger partial charge < -0.3 is 14.9 Å². The van der Waals surface area contributed by atoms with E-state index in [9.17, 15) is 0 Å². The quantitative estimate of drug-likeness (QED) is 0.400. The summed E-state index contributed by atoms with van der Waals surface area (Å²) < 4.78 is 0. The van der Waals surface area contributed by atoms with Gasteiger partial charge in [0.15, 0.2) is 0 Å². The molecule has 0 nitrogen and oxygen atoms in total. The van der Waals surface area contributed by atoms with E-state index in [4.69, 9.17) is 0 Å². The summed E-state index contributed by atoms with van der Waals surface area (Å²) in [6.07, 6.45) is 24.6. The Morgan fingerprint density at radius 3 is 2.14 bits per heavy atom. The molecule has 0 unspecified atom stereocenters. The predicted octanol–water partition coefficient (Wildman–Crippen LogP) is 5.71. The van der Waals surface area contributed by atoms with Crippen LogP contribution in [0.3, 0.4) is 0 Å². The second-order valence-corrected chi connectivity index (χ2v) is 4.86. The van der Waals surface area contributed by atoms with E-state index < -0.39 is 0 Å². The molecule has 0 N–H and O–H groups in total. The van der Waals surface area contributed by atoms with Crippen molar-refractivity contribution < 1.29 is 23.3 Å². The average Bonchev–Trinajstić information content (AvgIpc) is 3.19. The van der Waals surface area contributed by atoms with Crippen LogP contribution in [0.5, 0.6) is 0 Å². The normalized spacial score (nSPS) is 13.5. The van der Waals surface area contributed by atoms with Crippen molar-refractivity contribution in [2.45, 2.75) is 65.2 Å². The fraction of sp³-hybridized carbons (Fsp3) is 0.500. The van der Waals surface area contributed by atoms with E-state index in [2.05, 4.69) is 38.2 Å². The second kappa shape index (κ2) is 21.1. The van der Waals surface area contributed by atoms with E-state index in [1.165, 1.54) is 38.5 Å². The number of hydrogen-bond acceptors (Lipinski definition) is 0. The van der Waals surface area contributed by atoms with Crippen LogP contribution in [-0.4, -0.2) is 6.88 Å². The molecule has 2 heteroatoms. The van der Waals surface area contributed by atoms with E-state index in [0.29, 0.717) is 0 Å². The van der Waals surface area contributed by atoms with Gasteiger partial charge >= 0.3 is 30.2 Å². The monoisotopic (exact) mass is 392 g/mol. The minimum atomic E-state index is 0. The molecular weight excluding hydrogens is 360 g/mol. The van der Waals surface area contributed by atoms with Gasteiger partial charge in [0.25, 0.3) is 0 Å². The third-order valence-electron chi connectivity index (χ3n) is 3.26. The van der Waals surface area contributed by atoms with Crippen molar-refractivity contribution in [2.75, 3.05) is 0 Å². The van der Waals surface area contributed by atoms with Crippen molar-refractivity contribution in [3.8, 4) is 0 Å².